The zero-order chi connectivity index (χ0) is 20.6. The summed E-state index contributed by atoms with van der Waals surface area (Å²) in [5.74, 6) is -0.221. The summed E-state index contributed by atoms with van der Waals surface area (Å²) < 4.78 is 0.922. The van der Waals surface area contributed by atoms with E-state index < -0.39 is 0 Å². The highest BCUT2D eigenvalue weighted by molar-refractivity contribution is 9.10. The second-order valence-electron chi connectivity index (χ2n) is 6.64. The standard InChI is InChI=1S/C20H22BrN5O3/c21-13-1-3-15(4-2-13)24-19(28)22-12-11-18(27)23-14-5-7-16(8-6-14)25-20(29)26-17-9-10-17/h1-8,17H,9-12H2,(H,23,27)(H2,22,24,28)(H2,25,26,29). The minimum Gasteiger partial charge on any atom is -0.337 e. The van der Waals surface area contributed by atoms with Crippen molar-refractivity contribution in [3.05, 3.63) is 53.0 Å². The lowest BCUT2D eigenvalue weighted by molar-refractivity contribution is -0.116. The predicted molar refractivity (Wildman–Crippen MR) is 116 cm³/mol. The van der Waals surface area contributed by atoms with Crippen LogP contribution in [0, 0.1) is 0 Å². The summed E-state index contributed by atoms with van der Waals surface area (Å²) in [5.41, 5.74) is 1.92. The molecule has 1 saturated carbocycles. The third-order valence-electron chi connectivity index (χ3n) is 4.08. The largest absolute Gasteiger partial charge is 0.337 e. The highest BCUT2D eigenvalue weighted by Crippen LogP contribution is 2.19. The van der Waals surface area contributed by atoms with Gasteiger partial charge in [0, 0.05) is 40.5 Å². The fourth-order valence-electron chi connectivity index (χ4n) is 2.44. The summed E-state index contributed by atoms with van der Waals surface area (Å²) in [7, 11) is 0. The van der Waals surface area contributed by atoms with Crippen LogP contribution in [0.15, 0.2) is 53.0 Å². The molecule has 5 N–H and O–H groups in total. The Morgan fingerprint density at radius 3 is 1.90 bits per heavy atom. The number of urea groups is 2. The molecular formula is C20H22BrN5O3. The molecule has 8 nitrogen and oxygen atoms in total. The van der Waals surface area contributed by atoms with Crippen LogP contribution in [0.4, 0.5) is 26.7 Å². The van der Waals surface area contributed by atoms with Crippen LogP contribution in [-0.4, -0.2) is 30.6 Å². The Labute approximate surface area is 177 Å². The van der Waals surface area contributed by atoms with E-state index in [0.29, 0.717) is 23.1 Å². The normalized spacial score (nSPS) is 12.6. The van der Waals surface area contributed by atoms with Crippen LogP contribution >= 0.6 is 15.9 Å². The van der Waals surface area contributed by atoms with Crippen LogP contribution in [0.1, 0.15) is 19.3 Å². The minimum atomic E-state index is -0.375. The Kier molecular flexibility index (Phi) is 7.07. The lowest BCUT2D eigenvalue weighted by Gasteiger charge is -2.10. The number of hydrogen-bond acceptors (Lipinski definition) is 3. The lowest BCUT2D eigenvalue weighted by atomic mass is 10.2. The first kappa shape index (κ1) is 20.7. The van der Waals surface area contributed by atoms with Gasteiger partial charge >= 0.3 is 12.1 Å². The zero-order valence-electron chi connectivity index (χ0n) is 15.6. The van der Waals surface area contributed by atoms with Crippen molar-refractivity contribution in [3.8, 4) is 0 Å². The van der Waals surface area contributed by atoms with Crippen molar-refractivity contribution in [2.75, 3.05) is 22.5 Å². The third-order valence-corrected chi connectivity index (χ3v) is 4.61. The number of halogens is 1. The van der Waals surface area contributed by atoms with Crippen molar-refractivity contribution in [2.45, 2.75) is 25.3 Å². The molecule has 0 bridgehead atoms. The van der Waals surface area contributed by atoms with Crippen LogP contribution in [0.5, 0.6) is 0 Å². The molecule has 0 unspecified atom stereocenters. The van der Waals surface area contributed by atoms with Crippen molar-refractivity contribution in [2.24, 2.45) is 0 Å². The van der Waals surface area contributed by atoms with Gasteiger partial charge in [0.05, 0.1) is 0 Å². The molecule has 5 amide bonds. The molecule has 0 aromatic heterocycles. The van der Waals surface area contributed by atoms with E-state index in [1.807, 2.05) is 12.1 Å². The van der Waals surface area contributed by atoms with Crippen LogP contribution in [-0.2, 0) is 4.79 Å². The van der Waals surface area contributed by atoms with Gasteiger partial charge in [-0.3, -0.25) is 4.79 Å². The first-order valence-electron chi connectivity index (χ1n) is 9.26. The maximum absolute atomic E-state index is 12.0. The lowest BCUT2D eigenvalue weighted by Crippen LogP contribution is -2.31. The molecule has 1 aliphatic rings. The van der Waals surface area contributed by atoms with E-state index in [2.05, 4.69) is 42.5 Å². The average molecular weight is 460 g/mol. The molecule has 0 aliphatic heterocycles. The monoisotopic (exact) mass is 459 g/mol. The number of nitrogens with one attached hydrogen (secondary N) is 5. The fourth-order valence-corrected chi connectivity index (χ4v) is 2.70. The van der Waals surface area contributed by atoms with Crippen molar-refractivity contribution >= 4 is 51.0 Å². The van der Waals surface area contributed by atoms with E-state index >= 15 is 0 Å². The van der Waals surface area contributed by atoms with Crippen molar-refractivity contribution in [1.82, 2.24) is 10.6 Å². The Morgan fingerprint density at radius 1 is 0.793 bits per heavy atom. The van der Waals surface area contributed by atoms with Gasteiger partial charge in [0.1, 0.15) is 0 Å². The highest BCUT2D eigenvalue weighted by atomic mass is 79.9. The Bertz CT molecular complexity index is 867. The second kappa shape index (κ2) is 9.92. The number of benzene rings is 2. The molecule has 0 spiro atoms. The van der Waals surface area contributed by atoms with Crippen molar-refractivity contribution < 1.29 is 14.4 Å². The second-order valence-corrected chi connectivity index (χ2v) is 7.55. The molecule has 1 fully saturated rings. The Balaban J connectivity index is 1.34. The van der Waals surface area contributed by atoms with Crippen LogP contribution < -0.4 is 26.6 Å². The molecule has 0 heterocycles. The maximum atomic E-state index is 12.0. The van der Waals surface area contributed by atoms with Gasteiger partial charge in [0.25, 0.3) is 0 Å². The molecule has 3 rings (SSSR count). The molecule has 1 aliphatic carbocycles. The number of anilines is 3. The van der Waals surface area contributed by atoms with Gasteiger partial charge in [-0.05, 0) is 61.4 Å². The van der Waals surface area contributed by atoms with Gasteiger partial charge in [0.15, 0.2) is 0 Å². The van der Waals surface area contributed by atoms with Crippen molar-refractivity contribution in [3.63, 3.8) is 0 Å². The molecular weight excluding hydrogens is 438 g/mol. The summed E-state index contributed by atoms with van der Waals surface area (Å²) in [5, 5.41) is 13.7. The third kappa shape index (κ3) is 7.46. The number of amides is 5. The fraction of sp³-hybridized carbons (Fsp3) is 0.250. The Hall–Kier alpha value is -3.07. The first-order chi connectivity index (χ1) is 14.0. The van der Waals surface area contributed by atoms with Gasteiger partial charge in [0.2, 0.25) is 5.91 Å². The van der Waals surface area contributed by atoms with E-state index in [4.69, 9.17) is 0 Å². The SMILES string of the molecule is O=C(CCNC(=O)Nc1ccc(Br)cc1)Nc1ccc(NC(=O)NC2CC2)cc1. The van der Waals surface area contributed by atoms with E-state index in [-0.39, 0.29) is 30.9 Å². The summed E-state index contributed by atoms with van der Waals surface area (Å²) in [6.45, 7) is 0.204. The number of carbonyl (C=O) groups is 3. The molecule has 0 saturated heterocycles. The van der Waals surface area contributed by atoms with Gasteiger partial charge in [-0.15, -0.1) is 0 Å². The number of hydrogen-bond donors (Lipinski definition) is 5. The molecule has 2 aromatic carbocycles. The molecule has 0 atom stereocenters. The minimum absolute atomic E-state index is 0.136. The molecule has 29 heavy (non-hydrogen) atoms. The first-order valence-corrected chi connectivity index (χ1v) is 10.0. The van der Waals surface area contributed by atoms with Crippen molar-refractivity contribution in [1.29, 1.82) is 0 Å². The van der Waals surface area contributed by atoms with E-state index in [0.717, 1.165) is 17.3 Å². The maximum Gasteiger partial charge on any atom is 0.319 e. The van der Waals surface area contributed by atoms with E-state index in [9.17, 15) is 14.4 Å². The zero-order valence-corrected chi connectivity index (χ0v) is 17.2. The van der Waals surface area contributed by atoms with E-state index in [1.165, 1.54) is 0 Å². The van der Waals surface area contributed by atoms with Gasteiger partial charge in [-0.25, -0.2) is 9.59 Å². The van der Waals surface area contributed by atoms with E-state index in [1.54, 1.807) is 36.4 Å². The summed E-state index contributed by atoms with van der Waals surface area (Å²) >= 11 is 3.33. The van der Waals surface area contributed by atoms with Gasteiger partial charge < -0.3 is 26.6 Å². The highest BCUT2D eigenvalue weighted by Gasteiger charge is 2.23. The smallest absolute Gasteiger partial charge is 0.319 e. The van der Waals surface area contributed by atoms with Gasteiger partial charge in [-0.2, -0.15) is 0 Å². The molecule has 9 heteroatoms. The van der Waals surface area contributed by atoms with Gasteiger partial charge in [-0.1, -0.05) is 15.9 Å². The number of carbonyl (C=O) groups excluding carboxylic acids is 3. The molecule has 2 aromatic rings. The Morgan fingerprint density at radius 2 is 1.31 bits per heavy atom. The van der Waals surface area contributed by atoms with Crippen LogP contribution in [0.25, 0.3) is 0 Å². The molecule has 152 valence electrons. The van der Waals surface area contributed by atoms with Crippen LogP contribution in [0.3, 0.4) is 0 Å². The van der Waals surface area contributed by atoms with Crippen LogP contribution in [0.2, 0.25) is 0 Å². The number of rotatable bonds is 7. The quantitative estimate of drug-likeness (QED) is 0.432. The average Bonchev–Trinajstić information content (AvgIpc) is 3.49. The summed E-state index contributed by atoms with van der Waals surface area (Å²) in [4.78, 5) is 35.5. The summed E-state index contributed by atoms with van der Waals surface area (Å²) in [6, 6.07) is 13.7. The predicted octanol–water partition coefficient (Wildman–Crippen LogP) is 3.88. The topological polar surface area (TPSA) is 111 Å². The molecule has 0 radical (unpaired) electrons. The summed E-state index contributed by atoms with van der Waals surface area (Å²) in [6.07, 6.45) is 2.19.